The van der Waals surface area contributed by atoms with Crippen LogP contribution in [0.4, 0.5) is 0 Å². The fourth-order valence-electron chi connectivity index (χ4n) is 7.87. The number of rotatable bonds is 4. The molecule has 0 unspecified atom stereocenters. The van der Waals surface area contributed by atoms with Crippen LogP contribution in [0.1, 0.15) is 38.8 Å². The van der Waals surface area contributed by atoms with Gasteiger partial charge in [-0.3, -0.25) is 0 Å². The molecule has 0 saturated heterocycles. The van der Waals surface area contributed by atoms with E-state index in [9.17, 15) is 0 Å². The monoisotopic (exact) mass is 643 g/mol. The molecule has 0 aliphatic heterocycles. The summed E-state index contributed by atoms with van der Waals surface area (Å²) in [5.41, 5.74) is 10.7. The Morgan fingerprint density at radius 3 is 1.52 bits per heavy atom. The van der Waals surface area contributed by atoms with Crippen molar-refractivity contribution in [2.75, 3.05) is 0 Å². The number of benzene rings is 7. The third-order valence-corrected chi connectivity index (χ3v) is 11.3. The van der Waals surface area contributed by atoms with Crippen molar-refractivity contribution in [1.82, 2.24) is 15.0 Å². The summed E-state index contributed by atoms with van der Waals surface area (Å²) in [7, 11) is 0. The molecule has 3 heteroatoms. The molecule has 9 rings (SSSR count). The molecule has 1 aliphatic rings. The molecule has 0 amide bonds. The van der Waals surface area contributed by atoms with Crippen molar-refractivity contribution in [3.8, 4) is 56.4 Å². The second-order valence-corrected chi connectivity index (χ2v) is 14.5. The Morgan fingerprint density at radius 2 is 0.880 bits per heavy atom. The molecule has 7 aromatic carbocycles. The molecule has 0 bridgehead atoms. The van der Waals surface area contributed by atoms with E-state index in [2.05, 4.69) is 119 Å². The van der Waals surface area contributed by atoms with Crippen LogP contribution in [0.5, 0.6) is 0 Å². The molecule has 0 saturated carbocycles. The first-order valence-corrected chi connectivity index (χ1v) is 17.4. The molecule has 0 fully saturated rings. The van der Waals surface area contributed by atoms with Gasteiger partial charge in [0.25, 0.3) is 0 Å². The highest BCUT2D eigenvalue weighted by Gasteiger charge is 2.46. The SMILES string of the molecule is CC1(C)c2ccccc2-c2ccc3ccc4cc(-c5ccc(-c6nc(-c7ccccc7)nc(-c7ccccc7)n6)cc5)ccc4c3c2C1(C)C. The van der Waals surface area contributed by atoms with Crippen LogP contribution >= 0.6 is 0 Å². The molecule has 0 radical (unpaired) electrons. The van der Waals surface area contributed by atoms with Crippen molar-refractivity contribution in [3.63, 3.8) is 0 Å². The van der Waals surface area contributed by atoms with Gasteiger partial charge in [0.2, 0.25) is 0 Å². The van der Waals surface area contributed by atoms with E-state index in [0.29, 0.717) is 17.5 Å². The predicted octanol–water partition coefficient (Wildman–Crippen LogP) is 12.1. The van der Waals surface area contributed by atoms with Gasteiger partial charge in [0, 0.05) is 22.1 Å². The summed E-state index contributed by atoms with van der Waals surface area (Å²) >= 11 is 0. The third kappa shape index (κ3) is 4.69. The normalized spacial score (nSPS) is 14.3. The van der Waals surface area contributed by atoms with Crippen molar-refractivity contribution in [2.24, 2.45) is 0 Å². The van der Waals surface area contributed by atoms with E-state index < -0.39 is 0 Å². The first-order valence-electron chi connectivity index (χ1n) is 17.4. The Hall–Kier alpha value is -5.93. The summed E-state index contributed by atoms with van der Waals surface area (Å²) in [6.45, 7) is 9.66. The van der Waals surface area contributed by atoms with Crippen LogP contribution in [0.25, 0.3) is 78.0 Å². The Morgan fingerprint density at radius 1 is 0.380 bits per heavy atom. The zero-order valence-corrected chi connectivity index (χ0v) is 28.8. The highest BCUT2D eigenvalue weighted by Crippen LogP contribution is 2.56. The molecule has 1 aliphatic carbocycles. The quantitative estimate of drug-likeness (QED) is 0.179. The van der Waals surface area contributed by atoms with Gasteiger partial charge in [-0.2, -0.15) is 0 Å². The zero-order valence-electron chi connectivity index (χ0n) is 28.8. The first kappa shape index (κ1) is 30.2. The lowest BCUT2D eigenvalue weighted by molar-refractivity contribution is 0.301. The highest BCUT2D eigenvalue weighted by atomic mass is 15.0. The van der Waals surface area contributed by atoms with Crippen LogP contribution in [-0.4, -0.2) is 15.0 Å². The lowest BCUT2D eigenvalue weighted by Crippen LogP contribution is -2.43. The summed E-state index contributed by atoms with van der Waals surface area (Å²) in [5.74, 6) is 1.99. The van der Waals surface area contributed by atoms with E-state index in [1.807, 2.05) is 60.7 Å². The Balaban J connectivity index is 1.14. The number of fused-ring (bicyclic) bond motifs is 7. The van der Waals surface area contributed by atoms with Crippen molar-refractivity contribution in [3.05, 3.63) is 163 Å². The molecule has 0 atom stereocenters. The average Bonchev–Trinajstić information content (AvgIpc) is 3.17. The van der Waals surface area contributed by atoms with Crippen LogP contribution in [-0.2, 0) is 10.8 Å². The molecular weight excluding hydrogens is 607 g/mol. The average molecular weight is 644 g/mol. The van der Waals surface area contributed by atoms with E-state index in [1.54, 1.807) is 0 Å². The molecule has 0 spiro atoms. The van der Waals surface area contributed by atoms with Gasteiger partial charge in [-0.05, 0) is 66.4 Å². The summed E-state index contributed by atoms with van der Waals surface area (Å²) in [4.78, 5) is 14.7. The molecule has 1 heterocycles. The first-order chi connectivity index (χ1) is 24.3. The molecule has 1 aromatic heterocycles. The minimum Gasteiger partial charge on any atom is -0.208 e. The maximum atomic E-state index is 4.92. The van der Waals surface area contributed by atoms with E-state index in [4.69, 9.17) is 15.0 Å². The van der Waals surface area contributed by atoms with Crippen LogP contribution in [0.2, 0.25) is 0 Å². The summed E-state index contributed by atoms with van der Waals surface area (Å²) in [6, 6.07) is 53.9. The molecule has 8 aromatic rings. The van der Waals surface area contributed by atoms with Gasteiger partial charge in [0.15, 0.2) is 17.5 Å². The number of hydrogen-bond acceptors (Lipinski definition) is 3. The lowest BCUT2D eigenvalue weighted by atomic mass is 9.54. The fraction of sp³-hybridized carbons (Fsp3) is 0.128. The van der Waals surface area contributed by atoms with E-state index in [1.165, 1.54) is 49.4 Å². The Bertz CT molecular complexity index is 2510. The standard InChI is InChI=1S/C47H37N3/c1-46(2)40-18-12-11-17-38(40)39-28-25-31-21-24-36-29-35(26-27-37(36)41(31)42(39)47(46,3)4)30-19-22-34(23-20-30)45-49-43(32-13-7-5-8-14-32)48-44(50-45)33-15-9-6-10-16-33/h5-29H,1-4H3. The van der Waals surface area contributed by atoms with Gasteiger partial charge >= 0.3 is 0 Å². The highest BCUT2D eigenvalue weighted by molar-refractivity contribution is 6.13. The third-order valence-electron chi connectivity index (χ3n) is 11.3. The predicted molar refractivity (Wildman–Crippen MR) is 208 cm³/mol. The summed E-state index contributed by atoms with van der Waals surface area (Å²) < 4.78 is 0. The van der Waals surface area contributed by atoms with Crippen molar-refractivity contribution < 1.29 is 0 Å². The Kier molecular flexibility index (Phi) is 6.82. The summed E-state index contributed by atoms with van der Waals surface area (Å²) in [6.07, 6.45) is 0. The molecule has 3 nitrogen and oxygen atoms in total. The number of nitrogens with zero attached hydrogens (tertiary/aromatic N) is 3. The second-order valence-electron chi connectivity index (χ2n) is 14.5. The number of aromatic nitrogens is 3. The van der Waals surface area contributed by atoms with Gasteiger partial charge in [-0.15, -0.1) is 0 Å². The van der Waals surface area contributed by atoms with E-state index in [0.717, 1.165) is 22.3 Å². The van der Waals surface area contributed by atoms with Crippen LogP contribution < -0.4 is 0 Å². The zero-order chi connectivity index (χ0) is 34.0. The molecular formula is C47H37N3. The smallest absolute Gasteiger partial charge is 0.164 e. The number of hydrogen-bond donors (Lipinski definition) is 0. The van der Waals surface area contributed by atoms with Gasteiger partial charge in [-0.1, -0.05) is 173 Å². The fourth-order valence-corrected chi connectivity index (χ4v) is 7.87. The second kappa shape index (κ2) is 11.3. The van der Waals surface area contributed by atoms with Gasteiger partial charge < -0.3 is 0 Å². The lowest BCUT2D eigenvalue weighted by Gasteiger charge is -2.49. The summed E-state index contributed by atoms with van der Waals surface area (Å²) in [5, 5.41) is 5.21. The Labute approximate surface area is 293 Å². The molecule has 240 valence electrons. The van der Waals surface area contributed by atoms with Crippen molar-refractivity contribution in [2.45, 2.75) is 38.5 Å². The minimum atomic E-state index is -0.0746. The topological polar surface area (TPSA) is 38.7 Å². The minimum absolute atomic E-state index is 0.0308. The maximum Gasteiger partial charge on any atom is 0.164 e. The van der Waals surface area contributed by atoms with Crippen LogP contribution in [0, 0.1) is 0 Å². The largest absolute Gasteiger partial charge is 0.208 e. The van der Waals surface area contributed by atoms with E-state index >= 15 is 0 Å². The van der Waals surface area contributed by atoms with Gasteiger partial charge in [-0.25, -0.2) is 15.0 Å². The van der Waals surface area contributed by atoms with Crippen LogP contribution in [0.3, 0.4) is 0 Å². The van der Waals surface area contributed by atoms with Crippen molar-refractivity contribution >= 4 is 21.5 Å². The van der Waals surface area contributed by atoms with Gasteiger partial charge in [0.05, 0.1) is 0 Å². The van der Waals surface area contributed by atoms with Crippen LogP contribution in [0.15, 0.2) is 152 Å². The van der Waals surface area contributed by atoms with Gasteiger partial charge in [0.1, 0.15) is 0 Å². The molecule has 50 heavy (non-hydrogen) atoms. The maximum absolute atomic E-state index is 4.92. The molecule has 0 N–H and O–H groups in total. The van der Waals surface area contributed by atoms with E-state index in [-0.39, 0.29) is 10.8 Å². The van der Waals surface area contributed by atoms with Crippen molar-refractivity contribution in [1.29, 1.82) is 0 Å².